The Kier molecular flexibility index (Phi) is 4.37. The number of hydrogen-bond donors (Lipinski definition) is 1. The molecule has 27 heavy (non-hydrogen) atoms. The molecule has 0 fully saturated rings. The third-order valence-corrected chi connectivity index (χ3v) is 4.27. The van der Waals surface area contributed by atoms with Crippen LogP contribution in [0.25, 0.3) is 22.2 Å². The minimum Gasteiger partial charge on any atom is -0.348 e. The van der Waals surface area contributed by atoms with Gasteiger partial charge >= 0.3 is 0 Å². The first-order valence-electron chi connectivity index (χ1n) is 8.62. The van der Waals surface area contributed by atoms with Gasteiger partial charge in [-0.05, 0) is 19.1 Å². The van der Waals surface area contributed by atoms with Gasteiger partial charge in [0.2, 0.25) is 0 Å². The summed E-state index contributed by atoms with van der Waals surface area (Å²) in [5.41, 5.74) is 2.95. The Labute approximate surface area is 155 Å². The molecular weight excluding hydrogens is 342 g/mol. The van der Waals surface area contributed by atoms with Crippen molar-refractivity contribution in [2.24, 2.45) is 7.05 Å². The van der Waals surface area contributed by atoms with Crippen LogP contribution in [-0.4, -0.2) is 41.5 Å². The topological polar surface area (TPSA) is 90.5 Å². The fraction of sp³-hybridized carbons (Fsp3) is 0.211. The van der Waals surface area contributed by atoms with Gasteiger partial charge in [-0.3, -0.25) is 14.2 Å². The fourth-order valence-corrected chi connectivity index (χ4v) is 3.02. The van der Waals surface area contributed by atoms with Gasteiger partial charge < -0.3 is 5.32 Å². The van der Waals surface area contributed by atoms with E-state index in [1.54, 1.807) is 21.9 Å². The highest BCUT2D eigenvalue weighted by atomic mass is 16.1. The predicted molar refractivity (Wildman–Crippen MR) is 101 cm³/mol. The Bertz CT molecular complexity index is 1080. The van der Waals surface area contributed by atoms with Gasteiger partial charge in [0, 0.05) is 30.2 Å². The Morgan fingerprint density at radius 2 is 2.11 bits per heavy atom. The second kappa shape index (κ2) is 6.99. The van der Waals surface area contributed by atoms with Gasteiger partial charge in [0.15, 0.2) is 0 Å². The molecule has 8 heteroatoms. The lowest BCUT2D eigenvalue weighted by molar-refractivity contribution is 0.0937. The molecule has 0 radical (unpaired) electrons. The second-order valence-electron chi connectivity index (χ2n) is 6.47. The van der Waals surface area contributed by atoms with E-state index < -0.39 is 0 Å². The number of aryl methyl sites for hydroxylation is 1. The summed E-state index contributed by atoms with van der Waals surface area (Å²) in [5.74, 6) is -0.147. The van der Waals surface area contributed by atoms with E-state index >= 15 is 0 Å². The maximum atomic E-state index is 13.0. The summed E-state index contributed by atoms with van der Waals surface area (Å²) in [6.45, 7) is 2.48. The Hall–Kier alpha value is -3.55. The van der Waals surface area contributed by atoms with Crippen LogP contribution in [-0.2, 0) is 13.6 Å². The first-order valence-corrected chi connectivity index (χ1v) is 8.62. The maximum Gasteiger partial charge on any atom is 0.252 e. The predicted octanol–water partition coefficient (Wildman–Crippen LogP) is 2.05. The lowest BCUT2D eigenvalue weighted by Gasteiger charge is -2.15. The van der Waals surface area contributed by atoms with Crippen molar-refractivity contribution in [1.29, 1.82) is 0 Å². The zero-order valence-electron chi connectivity index (χ0n) is 15.1. The quantitative estimate of drug-likeness (QED) is 0.587. The molecule has 1 atom stereocenters. The van der Waals surface area contributed by atoms with Gasteiger partial charge in [0.25, 0.3) is 5.91 Å². The molecule has 0 saturated heterocycles. The first-order chi connectivity index (χ1) is 13.1. The van der Waals surface area contributed by atoms with Crippen molar-refractivity contribution in [3.63, 3.8) is 0 Å². The Morgan fingerprint density at radius 1 is 1.26 bits per heavy atom. The molecule has 8 nitrogen and oxygen atoms in total. The van der Waals surface area contributed by atoms with Gasteiger partial charge in [0.1, 0.15) is 12.7 Å². The SMILES string of the molecule is C[C@@H](Cn1cncn1)NC(=O)c1cc(-c2cnn(C)c2)nc2ccccc12. The van der Waals surface area contributed by atoms with Crippen LogP contribution in [0.4, 0.5) is 0 Å². The highest BCUT2D eigenvalue weighted by molar-refractivity contribution is 6.07. The molecule has 0 aliphatic heterocycles. The molecule has 0 aliphatic carbocycles. The van der Waals surface area contributed by atoms with Gasteiger partial charge in [-0.2, -0.15) is 10.2 Å². The number of carbonyl (C=O) groups is 1. The van der Waals surface area contributed by atoms with E-state index in [1.807, 2.05) is 50.5 Å². The zero-order chi connectivity index (χ0) is 18.8. The standard InChI is InChI=1S/C19H19N7O/c1-13(9-26-12-20-11-22-26)23-19(27)16-7-18(14-8-21-25(2)10-14)24-17-6-4-3-5-15(16)17/h3-8,10-13H,9H2,1-2H3,(H,23,27)/t13-/m0/s1. The van der Waals surface area contributed by atoms with Crippen LogP contribution in [0.3, 0.4) is 0 Å². The van der Waals surface area contributed by atoms with Crippen LogP contribution >= 0.6 is 0 Å². The molecule has 136 valence electrons. The summed E-state index contributed by atoms with van der Waals surface area (Å²) in [6, 6.07) is 9.35. The number of para-hydroxylation sites is 1. The second-order valence-corrected chi connectivity index (χ2v) is 6.47. The van der Waals surface area contributed by atoms with E-state index in [1.165, 1.54) is 6.33 Å². The Balaban J connectivity index is 1.67. The molecule has 0 aliphatic rings. The average molecular weight is 361 g/mol. The van der Waals surface area contributed by atoms with Crippen molar-refractivity contribution in [2.45, 2.75) is 19.5 Å². The van der Waals surface area contributed by atoms with E-state index in [9.17, 15) is 4.79 Å². The minimum absolute atomic E-state index is 0.104. The van der Waals surface area contributed by atoms with Crippen LogP contribution in [0.15, 0.2) is 55.4 Å². The summed E-state index contributed by atoms with van der Waals surface area (Å²) < 4.78 is 3.41. The van der Waals surface area contributed by atoms with E-state index in [0.29, 0.717) is 12.1 Å². The smallest absolute Gasteiger partial charge is 0.252 e. The van der Waals surface area contributed by atoms with Crippen molar-refractivity contribution in [1.82, 2.24) is 34.8 Å². The van der Waals surface area contributed by atoms with Crippen LogP contribution < -0.4 is 5.32 Å². The molecule has 4 rings (SSSR count). The first kappa shape index (κ1) is 16.9. The number of nitrogens with zero attached hydrogens (tertiary/aromatic N) is 6. The summed E-state index contributed by atoms with van der Waals surface area (Å²) in [6.07, 6.45) is 6.73. The fourth-order valence-electron chi connectivity index (χ4n) is 3.02. The van der Waals surface area contributed by atoms with Gasteiger partial charge in [0.05, 0.1) is 29.5 Å². The van der Waals surface area contributed by atoms with Crippen molar-refractivity contribution in [2.75, 3.05) is 0 Å². The summed E-state index contributed by atoms with van der Waals surface area (Å²) in [4.78, 5) is 21.6. The molecular formula is C19H19N7O. The largest absolute Gasteiger partial charge is 0.348 e. The highest BCUT2D eigenvalue weighted by Gasteiger charge is 2.16. The summed E-state index contributed by atoms with van der Waals surface area (Å²) in [5, 5.41) is 12.1. The van der Waals surface area contributed by atoms with E-state index in [4.69, 9.17) is 0 Å². The van der Waals surface area contributed by atoms with Crippen LogP contribution in [0, 0.1) is 0 Å². The van der Waals surface area contributed by atoms with Crippen LogP contribution in [0.5, 0.6) is 0 Å². The lowest BCUT2D eigenvalue weighted by atomic mass is 10.0. The number of hydrogen-bond acceptors (Lipinski definition) is 5. The number of pyridine rings is 1. The third-order valence-electron chi connectivity index (χ3n) is 4.27. The number of nitrogens with one attached hydrogen (secondary N) is 1. The molecule has 1 aromatic carbocycles. The van der Waals surface area contributed by atoms with Crippen molar-refractivity contribution in [3.8, 4) is 11.3 Å². The van der Waals surface area contributed by atoms with Gasteiger partial charge in [-0.1, -0.05) is 18.2 Å². The number of rotatable bonds is 5. The van der Waals surface area contributed by atoms with E-state index in [2.05, 4.69) is 25.5 Å². The van der Waals surface area contributed by atoms with E-state index in [-0.39, 0.29) is 11.9 Å². The van der Waals surface area contributed by atoms with E-state index in [0.717, 1.165) is 22.2 Å². The Morgan fingerprint density at radius 3 is 2.85 bits per heavy atom. The molecule has 1 amide bonds. The number of amides is 1. The molecule has 3 heterocycles. The molecule has 4 aromatic rings. The summed E-state index contributed by atoms with van der Waals surface area (Å²) >= 11 is 0. The number of carbonyl (C=O) groups excluding carboxylic acids is 1. The molecule has 0 spiro atoms. The van der Waals surface area contributed by atoms with Crippen LogP contribution in [0.1, 0.15) is 17.3 Å². The number of benzene rings is 1. The average Bonchev–Trinajstić information content (AvgIpc) is 3.32. The normalized spacial score (nSPS) is 12.2. The van der Waals surface area contributed by atoms with Crippen molar-refractivity contribution < 1.29 is 4.79 Å². The van der Waals surface area contributed by atoms with Crippen molar-refractivity contribution in [3.05, 3.63) is 60.9 Å². The van der Waals surface area contributed by atoms with Crippen molar-refractivity contribution >= 4 is 16.8 Å². The van der Waals surface area contributed by atoms with Gasteiger partial charge in [-0.15, -0.1) is 0 Å². The number of aromatic nitrogens is 6. The molecule has 1 N–H and O–H groups in total. The number of fused-ring (bicyclic) bond motifs is 1. The molecule has 0 bridgehead atoms. The molecule has 0 saturated carbocycles. The molecule has 3 aromatic heterocycles. The zero-order valence-corrected chi connectivity index (χ0v) is 15.1. The lowest BCUT2D eigenvalue weighted by Crippen LogP contribution is -2.36. The molecule has 0 unspecified atom stereocenters. The minimum atomic E-state index is -0.147. The highest BCUT2D eigenvalue weighted by Crippen LogP contribution is 2.24. The third kappa shape index (κ3) is 3.55. The van der Waals surface area contributed by atoms with Gasteiger partial charge in [-0.25, -0.2) is 9.97 Å². The summed E-state index contributed by atoms with van der Waals surface area (Å²) in [7, 11) is 1.85. The monoisotopic (exact) mass is 361 g/mol. The maximum absolute atomic E-state index is 13.0. The van der Waals surface area contributed by atoms with Crippen LogP contribution in [0.2, 0.25) is 0 Å².